The molecule has 5 heteroatoms. The predicted molar refractivity (Wildman–Crippen MR) is 58.2 cm³/mol. The van der Waals surface area contributed by atoms with Gasteiger partial charge in [0, 0.05) is 0 Å². The molecule has 0 spiro atoms. The first-order valence-electron chi connectivity index (χ1n) is 4.44. The number of hydrogen-bond acceptors (Lipinski definition) is 4. The number of pyridine rings is 1. The molecule has 0 saturated carbocycles. The molecule has 0 saturated heterocycles. The zero-order valence-corrected chi connectivity index (χ0v) is 9.96. The number of nitrogens with zero attached hydrogens (tertiary/aromatic N) is 1. The Bertz CT molecular complexity index is 342. The minimum absolute atomic E-state index is 0.250. The Morgan fingerprint density at radius 3 is 2.13 bits per heavy atom. The number of hydrogen-bond donors (Lipinski definition) is 0. The second kappa shape index (κ2) is 5.07. The van der Waals surface area contributed by atoms with Crippen molar-refractivity contribution in [3.63, 3.8) is 0 Å². The van der Waals surface area contributed by atoms with Crippen molar-refractivity contribution in [2.75, 3.05) is 21.3 Å². The summed E-state index contributed by atoms with van der Waals surface area (Å²) in [6.45, 7) is 1.82. The highest BCUT2D eigenvalue weighted by Gasteiger charge is 2.19. The second-order valence-corrected chi connectivity index (χ2v) is 3.55. The summed E-state index contributed by atoms with van der Waals surface area (Å²) in [6, 6.07) is 0. The summed E-state index contributed by atoms with van der Waals surface area (Å²) in [6.07, 6.45) is 1.57. The first-order chi connectivity index (χ1) is 7.15. The molecule has 1 aromatic rings. The van der Waals surface area contributed by atoms with Crippen LogP contribution in [-0.4, -0.2) is 26.3 Å². The van der Waals surface area contributed by atoms with Crippen LogP contribution < -0.4 is 14.2 Å². The highest BCUT2D eigenvalue weighted by atomic mass is 35.5. The van der Waals surface area contributed by atoms with E-state index in [0.29, 0.717) is 22.9 Å². The van der Waals surface area contributed by atoms with Crippen LogP contribution >= 0.6 is 11.6 Å². The summed E-state index contributed by atoms with van der Waals surface area (Å²) in [7, 11) is 4.63. The minimum atomic E-state index is -0.250. The van der Waals surface area contributed by atoms with E-state index in [1.165, 1.54) is 0 Å². The quantitative estimate of drug-likeness (QED) is 0.747. The smallest absolute Gasteiger partial charge is 0.206 e. The fraction of sp³-hybridized carbons (Fsp3) is 0.500. The van der Waals surface area contributed by atoms with Crippen molar-refractivity contribution in [2.24, 2.45) is 0 Å². The van der Waals surface area contributed by atoms with E-state index in [4.69, 9.17) is 25.8 Å². The lowest BCUT2D eigenvalue weighted by Gasteiger charge is -2.15. The van der Waals surface area contributed by atoms with Crippen LogP contribution in [0.2, 0.25) is 0 Å². The predicted octanol–water partition coefficient (Wildman–Crippen LogP) is 2.41. The van der Waals surface area contributed by atoms with Crippen LogP contribution in [0.1, 0.15) is 18.0 Å². The van der Waals surface area contributed by atoms with E-state index in [1.807, 2.05) is 6.92 Å². The minimum Gasteiger partial charge on any atom is -0.491 e. The van der Waals surface area contributed by atoms with Gasteiger partial charge in [-0.2, -0.15) is 0 Å². The lowest BCUT2D eigenvalue weighted by atomic mass is 10.2. The van der Waals surface area contributed by atoms with E-state index in [1.54, 1.807) is 27.5 Å². The van der Waals surface area contributed by atoms with E-state index in [-0.39, 0.29) is 5.38 Å². The van der Waals surface area contributed by atoms with Crippen LogP contribution in [0, 0.1) is 0 Å². The lowest BCUT2D eigenvalue weighted by Crippen LogP contribution is -2.01. The Labute approximate surface area is 94.1 Å². The van der Waals surface area contributed by atoms with Crippen LogP contribution in [0.25, 0.3) is 0 Å². The van der Waals surface area contributed by atoms with Crippen LogP contribution in [-0.2, 0) is 0 Å². The van der Waals surface area contributed by atoms with Gasteiger partial charge in [-0.15, -0.1) is 11.6 Å². The Kier molecular flexibility index (Phi) is 4.03. The number of rotatable bonds is 4. The molecular formula is C10H14ClNO3. The van der Waals surface area contributed by atoms with Crippen molar-refractivity contribution in [1.29, 1.82) is 0 Å². The molecule has 1 heterocycles. The average molecular weight is 232 g/mol. The summed E-state index contributed by atoms with van der Waals surface area (Å²) in [5.41, 5.74) is 0.636. The van der Waals surface area contributed by atoms with E-state index in [9.17, 15) is 0 Å². The fourth-order valence-electron chi connectivity index (χ4n) is 1.29. The number of methoxy groups -OCH3 is 3. The third-order valence-corrected chi connectivity index (χ3v) is 2.20. The molecule has 1 aromatic heterocycles. The molecule has 0 bridgehead atoms. The third-order valence-electron chi connectivity index (χ3n) is 1.99. The maximum atomic E-state index is 5.97. The van der Waals surface area contributed by atoms with Crippen molar-refractivity contribution in [2.45, 2.75) is 12.3 Å². The number of aromatic nitrogens is 1. The van der Waals surface area contributed by atoms with Crippen LogP contribution in [0.3, 0.4) is 0 Å². The van der Waals surface area contributed by atoms with Gasteiger partial charge in [-0.3, -0.25) is 4.98 Å². The molecule has 0 aliphatic carbocycles. The summed E-state index contributed by atoms with van der Waals surface area (Å²) < 4.78 is 15.5. The normalized spacial score (nSPS) is 12.1. The highest BCUT2D eigenvalue weighted by Crippen LogP contribution is 2.41. The molecule has 0 fully saturated rings. The molecule has 0 aliphatic heterocycles. The lowest BCUT2D eigenvalue weighted by molar-refractivity contribution is 0.319. The molecule has 84 valence electrons. The van der Waals surface area contributed by atoms with Gasteiger partial charge < -0.3 is 14.2 Å². The van der Waals surface area contributed by atoms with E-state index in [0.717, 1.165) is 0 Å². The Morgan fingerprint density at radius 2 is 1.73 bits per heavy atom. The van der Waals surface area contributed by atoms with Gasteiger partial charge in [0.1, 0.15) is 5.69 Å². The largest absolute Gasteiger partial charge is 0.491 e. The molecule has 0 aromatic carbocycles. The standard InChI is InChI=1S/C10H14ClNO3/c1-6(11)8-10(15-4)9(14-3)7(13-2)5-12-8/h5-6H,1-4H3. The fourth-order valence-corrected chi connectivity index (χ4v) is 1.45. The monoisotopic (exact) mass is 231 g/mol. The summed E-state index contributed by atoms with van der Waals surface area (Å²) in [5.74, 6) is 1.55. The van der Waals surface area contributed by atoms with Gasteiger partial charge >= 0.3 is 0 Å². The topological polar surface area (TPSA) is 40.6 Å². The Morgan fingerprint density at radius 1 is 1.13 bits per heavy atom. The molecule has 1 unspecified atom stereocenters. The van der Waals surface area contributed by atoms with Gasteiger partial charge in [0.15, 0.2) is 11.5 Å². The van der Waals surface area contributed by atoms with Crippen LogP contribution in [0.5, 0.6) is 17.2 Å². The van der Waals surface area contributed by atoms with Gasteiger partial charge in [-0.1, -0.05) is 0 Å². The Balaban J connectivity index is 3.34. The molecule has 1 rings (SSSR count). The first-order valence-corrected chi connectivity index (χ1v) is 4.88. The van der Waals surface area contributed by atoms with Gasteiger partial charge in [0.2, 0.25) is 5.75 Å². The number of halogens is 1. The highest BCUT2D eigenvalue weighted by molar-refractivity contribution is 6.20. The second-order valence-electron chi connectivity index (χ2n) is 2.89. The molecule has 0 radical (unpaired) electrons. The van der Waals surface area contributed by atoms with Crippen LogP contribution in [0.4, 0.5) is 0 Å². The van der Waals surface area contributed by atoms with Crippen molar-refractivity contribution >= 4 is 11.6 Å². The molecule has 4 nitrogen and oxygen atoms in total. The molecule has 0 N–H and O–H groups in total. The third kappa shape index (κ3) is 2.26. The van der Waals surface area contributed by atoms with E-state index >= 15 is 0 Å². The van der Waals surface area contributed by atoms with Crippen molar-refractivity contribution in [3.05, 3.63) is 11.9 Å². The van der Waals surface area contributed by atoms with Crippen LogP contribution in [0.15, 0.2) is 6.20 Å². The van der Waals surface area contributed by atoms with Crippen molar-refractivity contribution in [1.82, 2.24) is 4.98 Å². The van der Waals surface area contributed by atoms with Gasteiger partial charge in [0.05, 0.1) is 32.9 Å². The number of alkyl halides is 1. The molecule has 0 amide bonds. The van der Waals surface area contributed by atoms with Crippen molar-refractivity contribution in [3.8, 4) is 17.2 Å². The summed E-state index contributed by atoms with van der Waals surface area (Å²) in [4.78, 5) is 4.17. The maximum Gasteiger partial charge on any atom is 0.206 e. The maximum absolute atomic E-state index is 5.97. The van der Waals surface area contributed by atoms with Crippen molar-refractivity contribution < 1.29 is 14.2 Å². The molecular weight excluding hydrogens is 218 g/mol. The SMILES string of the molecule is COc1cnc(C(C)Cl)c(OC)c1OC. The van der Waals surface area contributed by atoms with Gasteiger partial charge in [-0.25, -0.2) is 0 Å². The average Bonchev–Trinajstić information content (AvgIpc) is 2.26. The summed E-state index contributed by atoms with van der Waals surface area (Å²) >= 11 is 5.97. The Hall–Kier alpha value is -1.16. The molecule has 1 atom stereocenters. The summed E-state index contributed by atoms with van der Waals surface area (Å²) in [5, 5.41) is -0.250. The zero-order valence-electron chi connectivity index (χ0n) is 9.20. The van der Waals surface area contributed by atoms with E-state index < -0.39 is 0 Å². The first kappa shape index (κ1) is 11.9. The van der Waals surface area contributed by atoms with Gasteiger partial charge in [-0.05, 0) is 6.92 Å². The van der Waals surface area contributed by atoms with Gasteiger partial charge in [0.25, 0.3) is 0 Å². The molecule has 15 heavy (non-hydrogen) atoms. The van der Waals surface area contributed by atoms with E-state index in [2.05, 4.69) is 4.98 Å². The molecule has 0 aliphatic rings. The zero-order chi connectivity index (χ0) is 11.4. The number of ether oxygens (including phenoxy) is 3.